The molecule has 0 aliphatic carbocycles. The standard InChI is InChI=1S/C19H21Cl2N3O3/c1-27-10-2-9-22-19(26)13-3-5-14(6-4-13)23-12-18(25)24-15-7-8-16(20)17(21)11-15/h3-8,11,23H,2,9-10,12H2,1H3,(H,22,26)(H,24,25). The first-order valence-electron chi connectivity index (χ1n) is 8.35. The van der Waals surface area contributed by atoms with Gasteiger partial charge in [-0.1, -0.05) is 23.2 Å². The van der Waals surface area contributed by atoms with Crippen molar-refractivity contribution in [3.05, 3.63) is 58.1 Å². The number of anilines is 2. The number of methoxy groups -OCH3 is 1. The fraction of sp³-hybridized carbons (Fsp3) is 0.263. The Bertz CT molecular complexity index is 782. The molecule has 0 aliphatic heterocycles. The topological polar surface area (TPSA) is 79.5 Å². The van der Waals surface area contributed by atoms with Crippen molar-refractivity contribution in [3.63, 3.8) is 0 Å². The maximum absolute atomic E-state index is 12.0. The van der Waals surface area contributed by atoms with E-state index in [9.17, 15) is 9.59 Å². The molecule has 0 aromatic heterocycles. The van der Waals surface area contributed by atoms with Gasteiger partial charge < -0.3 is 20.7 Å². The van der Waals surface area contributed by atoms with Crippen LogP contribution in [-0.2, 0) is 9.53 Å². The highest BCUT2D eigenvalue weighted by molar-refractivity contribution is 6.42. The van der Waals surface area contributed by atoms with Crippen LogP contribution in [0.15, 0.2) is 42.5 Å². The summed E-state index contributed by atoms with van der Waals surface area (Å²) in [5.41, 5.74) is 1.85. The van der Waals surface area contributed by atoms with Crippen molar-refractivity contribution < 1.29 is 14.3 Å². The van der Waals surface area contributed by atoms with Crippen LogP contribution >= 0.6 is 23.2 Å². The number of carbonyl (C=O) groups excluding carboxylic acids is 2. The van der Waals surface area contributed by atoms with Crippen molar-refractivity contribution in [2.45, 2.75) is 6.42 Å². The Kier molecular flexibility index (Phi) is 8.39. The summed E-state index contributed by atoms with van der Waals surface area (Å²) in [6, 6.07) is 11.8. The Morgan fingerprint density at radius 1 is 1.00 bits per heavy atom. The zero-order valence-electron chi connectivity index (χ0n) is 14.9. The largest absolute Gasteiger partial charge is 0.385 e. The summed E-state index contributed by atoms with van der Waals surface area (Å²) in [5.74, 6) is -0.372. The Hall–Kier alpha value is -2.28. The van der Waals surface area contributed by atoms with Crippen molar-refractivity contribution in [3.8, 4) is 0 Å². The van der Waals surface area contributed by atoms with Crippen molar-refractivity contribution >= 4 is 46.4 Å². The van der Waals surface area contributed by atoms with E-state index in [-0.39, 0.29) is 18.4 Å². The van der Waals surface area contributed by atoms with E-state index in [2.05, 4.69) is 16.0 Å². The average Bonchev–Trinajstić information content (AvgIpc) is 2.67. The van der Waals surface area contributed by atoms with Crippen LogP contribution in [0.3, 0.4) is 0 Å². The number of nitrogens with one attached hydrogen (secondary N) is 3. The lowest BCUT2D eigenvalue weighted by atomic mass is 10.2. The predicted octanol–water partition coefficient (Wildman–Crippen LogP) is 3.81. The molecule has 0 saturated carbocycles. The van der Waals surface area contributed by atoms with Crippen molar-refractivity contribution in [2.24, 2.45) is 0 Å². The number of carbonyl (C=O) groups is 2. The highest BCUT2D eigenvalue weighted by Crippen LogP contribution is 2.24. The molecule has 0 heterocycles. The number of rotatable bonds is 9. The molecule has 2 amide bonds. The highest BCUT2D eigenvalue weighted by atomic mass is 35.5. The van der Waals surface area contributed by atoms with Crippen LogP contribution in [-0.4, -0.2) is 38.6 Å². The normalized spacial score (nSPS) is 10.3. The van der Waals surface area contributed by atoms with Crippen molar-refractivity contribution in [1.82, 2.24) is 5.32 Å². The summed E-state index contributed by atoms with van der Waals surface area (Å²) >= 11 is 11.8. The maximum Gasteiger partial charge on any atom is 0.251 e. The molecule has 0 spiro atoms. The smallest absolute Gasteiger partial charge is 0.251 e. The van der Waals surface area contributed by atoms with Crippen molar-refractivity contribution in [1.29, 1.82) is 0 Å². The van der Waals surface area contributed by atoms with Crippen LogP contribution in [0, 0.1) is 0 Å². The predicted molar refractivity (Wildman–Crippen MR) is 109 cm³/mol. The van der Waals surface area contributed by atoms with E-state index < -0.39 is 0 Å². The zero-order valence-corrected chi connectivity index (χ0v) is 16.4. The Morgan fingerprint density at radius 2 is 1.70 bits per heavy atom. The number of hydrogen-bond donors (Lipinski definition) is 3. The minimum absolute atomic E-state index is 0.0722. The van der Waals surface area contributed by atoms with E-state index >= 15 is 0 Å². The van der Waals surface area contributed by atoms with E-state index in [1.807, 2.05) is 0 Å². The second kappa shape index (κ2) is 10.8. The Balaban J connectivity index is 1.79. The molecule has 144 valence electrons. The molecule has 0 aliphatic rings. The van der Waals surface area contributed by atoms with Crippen molar-refractivity contribution in [2.75, 3.05) is 37.4 Å². The molecule has 6 nitrogen and oxygen atoms in total. The van der Waals surface area contributed by atoms with Gasteiger partial charge in [0.25, 0.3) is 5.91 Å². The van der Waals surface area contributed by atoms with Gasteiger partial charge in [0.2, 0.25) is 5.91 Å². The number of benzene rings is 2. The van der Waals surface area contributed by atoms with Gasteiger partial charge in [-0.25, -0.2) is 0 Å². The molecule has 2 rings (SSSR count). The van der Waals surface area contributed by atoms with E-state index in [0.29, 0.717) is 34.4 Å². The first-order chi connectivity index (χ1) is 13.0. The van der Waals surface area contributed by atoms with E-state index in [1.165, 1.54) is 0 Å². The first kappa shape index (κ1) is 21.0. The molecule has 0 bridgehead atoms. The van der Waals surface area contributed by atoms with Crippen LogP contribution in [0.2, 0.25) is 10.0 Å². The molecule has 27 heavy (non-hydrogen) atoms. The third-order valence-corrected chi connectivity index (χ3v) is 4.35. The quantitative estimate of drug-likeness (QED) is 0.550. The molecule has 8 heteroatoms. The molecule has 2 aromatic carbocycles. The minimum atomic E-state index is -0.228. The molecular formula is C19H21Cl2N3O3. The van der Waals surface area contributed by atoms with Gasteiger partial charge in [0.05, 0.1) is 16.6 Å². The molecule has 0 fully saturated rings. The molecule has 0 radical (unpaired) electrons. The van der Waals surface area contributed by atoms with Crippen LogP contribution in [0.4, 0.5) is 11.4 Å². The monoisotopic (exact) mass is 409 g/mol. The minimum Gasteiger partial charge on any atom is -0.385 e. The van der Waals surface area contributed by atoms with Crippen LogP contribution in [0.1, 0.15) is 16.8 Å². The van der Waals surface area contributed by atoms with E-state index in [4.69, 9.17) is 27.9 Å². The lowest BCUT2D eigenvalue weighted by Crippen LogP contribution is -2.25. The highest BCUT2D eigenvalue weighted by Gasteiger charge is 2.07. The fourth-order valence-corrected chi connectivity index (χ4v) is 2.52. The van der Waals surface area contributed by atoms with Gasteiger partial charge in [0.15, 0.2) is 0 Å². The van der Waals surface area contributed by atoms with Crippen LogP contribution in [0.5, 0.6) is 0 Å². The van der Waals surface area contributed by atoms with Gasteiger partial charge >= 0.3 is 0 Å². The molecule has 0 saturated heterocycles. The van der Waals surface area contributed by atoms with Gasteiger partial charge in [0.1, 0.15) is 0 Å². The van der Waals surface area contributed by atoms with Gasteiger partial charge in [-0.2, -0.15) is 0 Å². The number of ether oxygens (including phenoxy) is 1. The molecule has 3 N–H and O–H groups in total. The summed E-state index contributed by atoms with van der Waals surface area (Å²) in [6.07, 6.45) is 0.760. The lowest BCUT2D eigenvalue weighted by Gasteiger charge is -2.09. The fourth-order valence-electron chi connectivity index (χ4n) is 2.22. The third-order valence-electron chi connectivity index (χ3n) is 3.61. The van der Waals surface area contributed by atoms with E-state index in [0.717, 1.165) is 12.1 Å². The van der Waals surface area contributed by atoms with E-state index in [1.54, 1.807) is 49.6 Å². The second-order valence-electron chi connectivity index (χ2n) is 5.71. The first-order valence-corrected chi connectivity index (χ1v) is 9.11. The van der Waals surface area contributed by atoms with Crippen LogP contribution in [0.25, 0.3) is 0 Å². The third kappa shape index (κ3) is 7.09. The van der Waals surface area contributed by atoms with Crippen LogP contribution < -0.4 is 16.0 Å². The summed E-state index contributed by atoms with van der Waals surface area (Å²) in [7, 11) is 1.62. The number of halogens is 2. The Labute approximate surface area is 168 Å². The molecule has 0 atom stereocenters. The Morgan fingerprint density at radius 3 is 2.37 bits per heavy atom. The van der Waals surface area contributed by atoms with Gasteiger partial charge in [-0.15, -0.1) is 0 Å². The molecular weight excluding hydrogens is 389 g/mol. The van der Waals surface area contributed by atoms with Gasteiger partial charge in [-0.3, -0.25) is 9.59 Å². The summed E-state index contributed by atoms with van der Waals surface area (Å²) in [6.45, 7) is 1.23. The SMILES string of the molecule is COCCCNC(=O)c1ccc(NCC(=O)Nc2ccc(Cl)c(Cl)c2)cc1. The number of hydrogen-bond acceptors (Lipinski definition) is 4. The van der Waals surface area contributed by atoms with Gasteiger partial charge in [0, 0.05) is 37.2 Å². The van der Waals surface area contributed by atoms with Gasteiger partial charge in [-0.05, 0) is 48.9 Å². The summed E-state index contributed by atoms with van der Waals surface area (Å²) in [4.78, 5) is 24.0. The number of amides is 2. The maximum atomic E-state index is 12.0. The lowest BCUT2D eigenvalue weighted by molar-refractivity contribution is -0.114. The molecule has 2 aromatic rings. The average molecular weight is 410 g/mol. The second-order valence-corrected chi connectivity index (χ2v) is 6.52. The summed E-state index contributed by atoms with van der Waals surface area (Å²) < 4.78 is 4.94. The summed E-state index contributed by atoms with van der Waals surface area (Å²) in [5, 5.41) is 9.34. The molecule has 0 unspecified atom stereocenters. The zero-order chi connectivity index (χ0) is 19.6.